The average molecular weight is 490 g/mol. The highest BCUT2D eigenvalue weighted by molar-refractivity contribution is 5.80. The van der Waals surface area contributed by atoms with Crippen molar-refractivity contribution in [2.45, 2.75) is 6.04 Å². The number of hydrogen-bond donors (Lipinski definition) is 6. The van der Waals surface area contributed by atoms with Crippen LogP contribution in [0.2, 0.25) is 0 Å². The van der Waals surface area contributed by atoms with Crippen LogP contribution >= 0.6 is 0 Å². The second-order valence-electron chi connectivity index (χ2n) is 8.11. The molecule has 34 heavy (non-hydrogen) atoms. The molecule has 1 saturated heterocycles. The van der Waals surface area contributed by atoms with Gasteiger partial charge in [-0.3, -0.25) is 43.6 Å². The minimum Gasteiger partial charge on any atom is -0.480 e. The van der Waals surface area contributed by atoms with Crippen molar-refractivity contribution in [3.63, 3.8) is 0 Å². The molecule has 1 rings (SSSR count). The summed E-state index contributed by atoms with van der Waals surface area (Å²) in [7, 11) is 0. The van der Waals surface area contributed by atoms with Gasteiger partial charge in [0, 0.05) is 58.9 Å². The van der Waals surface area contributed by atoms with E-state index < -0.39 is 35.8 Å². The summed E-state index contributed by atoms with van der Waals surface area (Å²) >= 11 is 0. The number of aliphatic carboxylic acids is 3. The molecule has 0 aromatic carbocycles. The first-order valence-electron chi connectivity index (χ1n) is 10.8. The summed E-state index contributed by atoms with van der Waals surface area (Å²) < 4.78 is 0. The summed E-state index contributed by atoms with van der Waals surface area (Å²) in [5, 5.41) is 29.8. The molecule has 0 spiro atoms. The molecule has 0 aliphatic carbocycles. The molecular weight excluding hydrogens is 454 g/mol. The van der Waals surface area contributed by atoms with Gasteiger partial charge in [-0.05, 0) is 0 Å². The summed E-state index contributed by atoms with van der Waals surface area (Å²) in [6.45, 7) is 1.74. The van der Waals surface area contributed by atoms with E-state index in [-0.39, 0.29) is 32.7 Å². The van der Waals surface area contributed by atoms with Gasteiger partial charge in [-0.15, -0.1) is 0 Å². The number of primary amides is 1. The lowest BCUT2D eigenvalue weighted by molar-refractivity contribution is -0.140. The maximum atomic E-state index is 12.3. The number of hydrogen-bond acceptors (Lipinski definition) is 10. The largest absolute Gasteiger partial charge is 0.480 e. The Bertz CT molecular complexity index is 691. The fourth-order valence-corrected chi connectivity index (χ4v) is 3.38. The van der Waals surface area contributed by atoms with Crippen molar-refractivity contribution in [2.24, 2.45) is 11.5 Å². The second kappa shape index (κ2) is 15.1. The zero-order valence-electron chi connectivity index (χ0n) is 19.1. The Kier molecular flexibility index (Phi) is 13.0. The highest BCUT2D eigenvalue weighted by Gasteiger charge is 2.21. The first kappa shape index (κ1) is 29.2. The molecule has 1 heterocycles. The minimum atomic E-state index is -1.24. The number of carbonyl (C=O) groups is 5. The molecule has 0 aromatic heterocycles. The zero-order valence-corrected chi connectivity index (χ0v) is 19.1. The Balaban J connectivity index is 2.91. The molecule has 15 heteroatoms. The van der Waals surface area contributed by atoms with Crippen LogP contribution < -0.4 is 16.8 Å². The first-order valence-corrected chi connectivity index (χ1v) is 10.8. The topological polar surface area (TPSA) is 223 Å². The molecule has 2 amide bonds. The number of nitrogens with one attached hydrogen (secondary N) is 1. The van der Waals surface area contributed by atoms with Gasteiger partial charge >= 0.3 is 17.9 Å². The predicted molar refractivity (Wildman–Crippen MR) is 119 cm³/mol. The van der Waals surface area contributed by atoms with Gasteiger partial charge in [-0.25, -0.2) is 0 Å². The van der Waals surface area contributed by atoms with Crippen LogP contribution in [0.25, 0.3) is 0 Å². The Morgan fingerprint density at radius 3 is 1.35 bits per heavy atom. The van der Waals surface area contributed by atoms with Crippen LogP contribution in [0.5, 0.6) is 0 Å². The van der Waals surface area contributed by atoms with E-state index in [9.17, 15) is 34.2 Å². The highest BCUT2D eigenvalue weighted by Crippen LogP contribution is 2.01. The van der Waals surface area contributed by atoms with Crippen LogP contribution in [0.1, 0.15) is 0 Å². The number of rotatable bonds is 11. The quantitative estimate of drug-likeness (QED) is 0.161. The Morgan fingerprint density at radius 1 is 0.676 bits per heavy atom. The normalized spacial score (nSPS) is 18.9. The Hall–Kier alpha value is -2.85. The van der Waals surface area contributed by atoms with Gasteiger partial charge in [0.1, 0.15) is 6.04 Å². The van der Waals surface area contributed by atoms with Crippen molar-refractivity contribution < 1.29 is 39.3 Å². The Morgan fingerprint density at radius 2 is 1.03 bits per heavy atom. The van der Waals surface area contributed by atoms with E-state index in [4.69, 9.17) is 16.6 Å². The van der Waals surface area contributed by atoms with Crippen LogP contribution in [0, 0.1) is 0 Å². The maximum absolute atomic E-state index is 12.3. The third-order valence-electron chi connectivity index (χ3n) is 5.23. The van der Waals surface area contributed by atoms with E-state index in [1.165, 1.54) is 0 Å². The maximum Gasteiger partial charge on any atom is 0.322 e. The van der Waals surface area contributed by atoms with Crippen molar-refractivity contribution in [3.8, 4) is 0 Å². The fourth-order valence-electron chi connectivity index (χ4n) is 3.38. The number of amides is 2. The van der Waals surface area contributed by atoms with E-state index in [1.54, 1.807) is 19.6 Å². The van der Waals surface area contributed by atoms with Crippen molar-refractivity contribution in [3.05, 3.63) is 0 Å². The van der Waals surface area contributed by atoms with Gasteiger partial charge in [0.25, 0.3) is 0 Å². The average Bonchev–Trinajstić information content (AvgIpc) is 2.72. The fraction of sp³-hybridized carbons (Fsp3) is 0.737. The van der Waals surface area contributed by atoms with Crippen molar-refractivity contribution in [1.82, 2.24) is 24.9 Å². The SMILES string of the molecule is NC(=O)CN1CCN(CC(=O)O)CCN(CC(=O)NC[C@@H](N)C(=O)O)CCN(CC(=O)O)CC1. The van der Waals surface area contributed by atoms with Crippen LogP contribution in [-0.4, -0.2) is 156 Å². The van der Waals surface area contributed by atoms with Gasteiger partial charge in [-0.2, -0.15) is 0 Å². The summed E-state index contributed by atoms with van der Waals surface area (Å²) in [5.74, 6) is -4.28. The van der Waals surface area contributed by atoms with Gasteiger partial charge in [0.15, 0.2) is 0 Å². The first-order chi connectivity index (χ1) is 16.0. The summed E-state index contributed by atoms with van der Waals surface area (Å²) in [6.07, 6.45) is 0. The lowest BCUT2D eigenvalue weighted by atomic mass is 10.3. The molecule has 1 fully saturated rings. The lowest BCUT2D eigenvalue weighted by Crippen LogP contribution is -2.51. The Labute approximate surface area is 197 Å². The molecule has 0 radical (unpaired) electrons. The molecule has 0 bridgehead atoms. The molecule has 0 saturated carbocycles. The molecular formula is C19H35N7O8. The van der Waals surface area contributed by atoms with Crippen LogP contribution in [0.15, 0.2) is 0 Å². The van der Waals surface area contributed by atoms with Gasteiger partial charge in [0.05, 0.1) is 26.2 Å². The van der Waals surface area contributed by atoms with E-state index in [2.05, 4.69) is 5.32 Å². The van der Waals surface area contributed by atoms with Crippen molar-refractivity contribution in [1.29, 1.82) is 0 Å². The van der Waals surface area contributed by atoms with E-state index in [0.29, 0.717) is 52.4 Å². The van der Waals surface area contributed by atoms with Crippen LogP contribution in [0.4, 0.5) is 0 Å². The molecule has 0 unspecified atom stereocenters. The number of carbonyl (C=O) groups excluding carboxylic acids is 2. The van der Waals surface area contributed by atoms with Crippen molar-refractivity contribution >= 4 is 29.7 Å². The molecule has 8 N–H and O–H groups in total. The third kappa shape index (κ3) is 13.0. The minimum absolute atomic E-state index is 0.0351. The van der Waals surface area contributed by atoms with Gasteiger partial charge in [-0.1, -0.05) is 0 Å². The monoisotopic (exact) mass is 489 g/mol. The van der Waals surface area contributed by atoms with E-state index in [0.717, 1.165) is 0 Å². The lowest BCUT2D eigenvalue weighted by Gasteiger charge is -2.33. The highest BCUT2D eigenvalue weighted by atomic mass is 16.4. The predicted octanol–water partition coefficient (Wildman–Crippen LogP) is -4.61. The van der Waals surface area contributed by atoms with E-state index >= 15 is 0 Å². The molecule has 194 valence electrons. The number of carboxylic acid groups (broad SMARTS) is 3. The number of nitrogens with zero attached hydrogens (tertiary/aromatic N) is 4. The zero-order chi connectivity index (χ0) is 25.7. The molecule has 1 atom stereocenters. The summed E-state index contributed by atoms with van der Waals surface area (Å²) in [5.41, 5.74) is 10.7. The smallest absolute Gasteiger partial charge is 0.322 e. The number of carboxylic acids is 3. The second-order valence-corrected chi connectivity index (χ2v) is 8.11. The van der Waals surface area contributed by atoms with Gasteiger partial charge < -0.3 is 32.1 Å². The van der Waals surface area contributed by atoms with Crippen molar-refractivity contribution in [2.75, 3.05) is 85.1 Å². The van der Waals surface area contributed by atoms with Crippen LogP contribution in [0.3, 0.4) is 0 Å². The molecule has 15 nitrogen and oxygen atoms in total. The molecule has 1 aliphatic rings. The summed E-state index contributed by atoms with van der Waals surface area (Å²) in [4.78, 5) is 64.0. The molecule has 1 aliphatic heterocycles. The van der Waals surface area contributed by atoms with Gasteiger partial charge in [0.2, 0.25) is 11.8 Å². The standard InChI is InChI=1S/C19H35N7O8/c20-14(19(33)34)9-22-16(28)11-24-3-7-25(12-17(29)30)5-1-23(10-15(21)27)2-6-26(8-4-24)13-18(31)32/h14H,1-13,20H2,(H2,21,27)(H,22,28)(H,29,30)(H,31,32)(H,33,34)/t14-/m1/s1. The van der Waals surface area contributed by atoms with Crippen LogP contribution in [-0.2, 0) is 24.0 Å². The number of nitrogens with two attached hydrogens (primary N) is 2. The van der Waals surface area contributed by atoms with E-state index in [1.807, 2.05) is 0 Å². The molecule has 0 aromatic rings. The third-order valence-corrected chi connectivity index (χ3v) is 5.23. The summed E-state index contributed by atoms with van der Waals surface area (Å²) in [6, 6.07) is -1.24.